The maximum atomic E-state index is 10.1. The van der Waals surface area contributed by atoms with E-state index in [4.69, 9.17) is 4.78 Å². The molecule has 0 aliphatic carbocycles. The summed E-state index contributed by atoms with van der Waals surface area (Å²) in [6.07, 6.45) is 0. The molecule has 0 aliphatic rings. The van der Waals surface area contributed by atoms with Crippen molar-refractivity contribution in [2.45, 2.75) is 0 Å². The van der Waals surface area contributed by atoms with Crippen molar-refractivity contribution >= 4 is 11.0 Å². The zero-order valence-electron chi connectivity index (χ0n) is 2.08. The zero-order chi connectivity index (χ0) is 4.50. The lowest BCUT2D eigenvalue weighted by Crippen LogP contribution is -1.70. The first kappa shape index (κ1) is 4.94. The molecule has 0 radical (unpaired) electrons. The van der Waals surface area contributed by atoms with E-state index < -0.39 is 11.0 Å². The third-order valence-electron chi connectivity index (χ3n) is 0. The van der Waals surface area contributed by atoms with Crippen LogP contribution in [0.1, 0.15) is 0 Å². The van der Waals surface area contributed by atoms with Gasteiger partial charge in [-0.3, -0.25) is 0 Å². The van der Waals surface area contributed by atoms with Crippen LogP contribution in [0.3, 0.4) is 0 Å². The topological polar surface area (TPSA) is 23.9 Å². The highest BCUT2D eigenvalue weighted by atomic mass is 32.3. The van der Waals surface area contributed by atoms with Crippen LogP contribution in [-0.2, 0) is 11.0 Å². The van der Waals surface area contributed by atoms with E-state index in [-0.39, 0.29) is 0 Å². The van der Waals surface area contributed by atoms with Gasteiger partial charge in [0, 0.05) is 0 Å². The molecule has 0 saturated heterocycles. The monoisotopic (exact) mass is 105 g/mol. The Hall–Kier alpha value is -0.0600. The minimum absolute atomic E-state index is 5.05. The van der Waals surface area contributed by atoms with Gasteiger partial charge in [0.25, 0.3) is 0 Å². The van der Waals surface area contributed by atoms with E-state index in [1.165, 1.54) is 0 Å². The Morgan fingerprint density at radius 2 is 1.20 bits per heavy atom. The molecule has 0 fully saturated rings. The molecule has 0 aromatic rings. The first-order chi connectivity index (χ1) is 2.00. The van der Waals surface area contributed by atoms with Crippen molar-refractivity contribution in [1.82, 2.24) is 0 Å². The third-order valence-corrected chi connectivity index (χ3v) is 0. The summed E-state index contributed by atoms with van der Waals surface area (Å²) >= 11 is 0. The van der Waals surface area contributed by atoms with Crippen molar-refractivity contribution in [3.05, 3.63) is 0 Å². The van der Waals surface area contributed by atoms with E-state index in [1.807, 2.05) is 0 Å². The molecule has 0 heterocycles. The van der Waals surface area contributed by atoms with Gasteiger partial charge in [-0.15, -0.1) is 11.7 Å². The minimum atomic E-state index is -5.64. The van der Waals surface area contributed by atoms with Crippen LogP contribution in [0.25, 0.3) is 0 Å². The molecular formula is H2F3NS. The van der Waals surface area contributed by atoms with Crippen LogP contribution >= 0.6 is 0 Å². The fraction of sp³-hybridized carbons (Fsp3) is 0. The fourth-order valence-corrected chi connectivity index (χ4v) is 0. The van der Waals surface area contributed by atoms with Gasteiger partial charge in [0.15, 0.2) is 11.0 Å². The van der Waals surface area contributed by atoms with Crippen LogP contribution in [0.15, 0.2) is 0 Å². The van der Waals surface area contributed by atoms with Gasteiger partial charge in [0.2, 0.25) is 0 Å². The smallest absolute Gasteiger partial charge is 0.193 e. The van der Waals surface area contributed by atoms with E-state index in [2.05, 4.69) is 0 Å². The molecule has 5 heteroatoms. The Bertz CT molecular complexity index is 53.0. The summed E-state index contributed by atoms with van der Waals surface area (Å²) in [6, 6.07) is 0. The van der Waals surface area contributed by atoms with Gasteiger partial charge in [-0.25, -0.2) is 4.78 Å². The molecule has 0 aliphatic heterocycles. The van der Waals surface area contributed by atoms with Crippen LogP contribution in [0.2, 0.25) is 0 Å². The SMILES string of the molecule is N=[SH](F)(F)F. The van der Waals surface area contributed by atoms with Crippen molar-refractivity contribution < 1.29 is 11.7 Å². The average Bonchev–Trinajstić information content (AvgIpc) is 0.722. The summed E-state index contributed by atoms with van der Waals surface area (Å²) in [6.45, 7) is 0. The van der Waals surface area contributed by atoms with Gasteiger partial charge in [0.1, 0.15) is 0 Å². The predicted octanol–water partition coefficient (Wildman–Crippen LogP) is 1.29. The zero-order valence-corrected chi connectivity index (χ0v) is 2.98. The van der Waals surface area contributed by atoms with Crippen molar-refractivity contribution in [3.8, 4) is 0 Å². The van der Waals surface area contributed by atoms with E-state index in [9.17, 15) is 11.7 Å². The second-order valence-electron chi connectivity index (χ2n) is 0.445. The number of hydrogen-bond acceptors (Lipinski definition) is 1. The Morgan fingerprint density at radius 3 is 1.20 bits per heavy atom. The molecule has 1 N–H and O–H groups in total. The Balaban J connectivity index is 3.47. The number of rotatable bonds is 0. The average molecular weight is 105 g/mol. The molecule has 0 rings (SSSR count). The number of hydrogen-bond donors (Lipinski definition) is 2. The Labute approximate surface area is 28.5 Å². The van der Waals surface area contributed by atoms with Crippen LogP contribution in [-0.4, -0.2) is 0 Å². The Kier molecular flexibility index (Phi) is 0.954. The van der Waals surface area contributed by atoms with Gasteiger partial charge >= 0.3 is 0 Å². The Morgan fingerprint density at radius 1 is 1.20 bits per heavy atom. The first-order valence-electron chi connectivity index (χ1n) is 0.731. The van der Waals surface area contributed by atoms with E-state index in [0.29, 0.717) is 0 Å². The predicted molar refractivity (Wildman–Crippen MR) is 14.8 cm³/mol. The molecule has 5 heavy (non-hydrogen) atoms. The fourth-order valence-electron chi connectivity index (χ4n) is 0. The molecule has 0 saturated carbocycles. The normalized spacial score (nSPS) is 15.0. The van der Waals surface area contributed by atoms with Gasteiger partial charge in [-0.05, 0) is 0 Å². The highest BCUT2D eigenvalue weighted by Gasteiger charge is 1.91. The molecule has 34 valence electrons. The van der Waals surface area contributed by atoms with Gasteiger partial charge < -0.3 is 0 Å². The molecule has 0 aromatic carbocycles. The highest BCUT2D eigenvalue weighted by Crippen LogP contribution is 2.07. The molecule has 0 spiro atoms. The van der Waals surface area contributed by atoms with Crippen molar-refractivity contribution in [2.75, 3.05) is 0 Å². The van der Waals surface area contributed by atoms with E-state index in [0.717, 1.165) is 0 Å². The molecule has 1 nitrogen and oxygen atoms in total. The number of nitrogens with one attached hydrogen (secondary N) is 1. The molecule has 0 amide bonds. The van der Waals surface area contributed by atoms with Crippen LogP contribution in [0, 0.1) is 4.78 Å². The van der Waals surface area contributed by atoms with Crippen LogP contribution < -0.4 is 0 Å². The van der Waals surface area contributed by atoms with Crippen LogP contribution in [0.5, 0.6) is 0 Å². The molecule has 0 bridgehead atoms. The lowest BCUT2D eigenvalue weighted by atomic mass is 14.0. The number of halogens is 3. The summed E-state index contributed by atoms with van der Waals surface area (Å²) in [7, 11) is -5.64. The quantitative estimate of drug-likeness (QED) is 0.434. The second-order valence-corrected chi connectivity index (χ2v) is 1.34. The summed E-state index contributed by atoms with van der Waals surface area (Å²) in [5.74, 6) is 0. The molecule has 0 unspecified atom stereocenters. The summed E-state index contributed by atoms with van der Waals surface area (Å²) in [4.78, 5) is 0. The van der Waals surface area contributed by atoms with Crippen molar-refractivity contribution in [3.63, 3.8) is 0 Å². The lowest BCUT2D eigenvalue weighted by Gasteiger charge is -1.85. The van der Waals surface area contributed by atoms with Gasteiger partial charge in [-0.1, -0.05) is 0 Å². The highest BCUT2D eigenvalue weighted by molar-refractivity contribution is 7.89. The largest absolute Gasteiger partial charge is 0.224 e. The maximum Gasteiger partial charge on any atom is 0.193 e. The first-order valence-corrected chi connectivity index (χ1v) is 2.19. The maximum absolute atomic E-state index is 10.1. The lowest BCUT2D eigenvalue weighted by molar-refractivity contribution is 0.633. The summed E-state index contributed by atoms with van der Waals surface area (Å²) in [5.41, 5.74) is 0. The van der Waals surface area contributed by atoms with Crippen molar-refractivity contribution in [1.29, 1.82) is 4.78 Å². The van der Waals surface area contributed by atoms with E-state index >= 15 is 0 Å². The van der Waals surface area contributed by atoms with Crippen LogP contribution in [0.4, 0.5) is 11.7 Å². The molecule has 0 atom stereocenters. The third kappa shape index (κ3) is 4120. The minimum Gasteiger partial charge on any atom is -0.224 e. The van der Waals surface area contributed by atoms with Gasteiger partial charge in [0.05, 0.1) is 0 Å². The van der Waals surface area contributed by atoms with Crippen molar-refractivity contribution in [2.24, 2.45) is 0 Å². The number of thiol groups is 1. The standard InChI is InChI=1S/F3H2NS/c1-5(2,3)4/h4-5H. The summed E-state index contributed by atoms with van der Waals surface area (Å²) in [5, 5.41) is 0. The summed E-state index contributed by atoms with van der Waals surface area (Å²) < 4.78 is 35.4. The van der Waals surface area contributed by atoms with E-state index in [1.54, 1.807) is 0 Å². The van der Waals surface area contributed by atoms with Gasteiger partial charge in [-0.2, -0.15) is 0 Å². The molecule has 0 aromatic heterocycles. The second kappa shape index (κ2) is 0.965. The molecular weight excluding hydrogens is 103 g/mol.